The van der Waals surface area contributed by atoms with Gasteiger partial charge in [-0.2, -0.15) is 0 Å². The number of hydrogen-bond acceptors (Lipinski definition) is 2. The minimum atomic E-state index is -3.60. The molecule has 0 N–H and O–H groups in total. The van der Waals surface area contributed by atoms with Gasteiger partial charge in [0.25, 0.3) is 10.0 Å². The zero-order valence-corrected chi connectivity index (χ0v) is 20.5. The molecule has 0 amide bonds. The fourth-order valence-electron chi connectivity index (χ4n) is 3.35. The maximum atomic E-state index is 12.1. The maximum Gasteiger partial charge on any atom is 2.00 e. The van der Waals surface area contributed by atoms with Crippen LogP contribution in [0.1, 0.15) is 72.1 Å². The molecule has 1 aromatic rings. The van der Waals surface area contributed by atoms with Crippen molar-refractivity contribution in [3.05, 3.63) is 55.3 Å². The number of allylic oxidation sites excluding steroid dienone is 2. The van der Waals surface area contributed by atoms with Crippen LogP contribution in [0.5, 0.6) is 0 Å². The van der Waals surface area contributed by atoms with Gasteiger partial charge in [0.05, 0.1) is 4.90 Å². The Bertz CT molecular complexity index is 789. The van der Waals surface area contributed by atoms with Gasteiger partial charge in [-0.3, -0.25) is 10.5 Å². The zero-order chi connectivity index (χ0) is 23.0. The van der Waals surface area contributed by atoms with Crippen LogP contribution in [0.4, 0.5) is 0 Å². The molecule has 170 valence electrons. The fourth-order valence-corrected chi connectivity index (χ4v) is 4.24. The molecular formula is C24H32FeNO4S+. The van der Waals surface area contributed by atoms with Crippen LogP contribution in [0.15, 0.2) is 45.2 Å². The Labute approximate surface area is 198 Å². The summed E-state index contributed by atoms with van der Waals surface area (Å²) in [4.78, 5) is 0.227. The molecule has 2 aliphatic rings. The van der Waals surface area contributed by atoms with Crippen molar-refractivity contribution in [2.45, 2.75) is 77.0 Å². The number of nitrogens with zero attached hydrogens (tertiary/aromatic N) is 1. The van der Waals surface area contributed by atoms with Gasteiger partial charge in [0, 0.05) is 0 Å². The van der Waals surface area contributed by atoms with Crippen molar-refractivity contribution in [2.75, 3.05) is 0 Å². The van der Waals surface area contributed by atoms with E-state index in [2.05, 4.69) is 44.5 Å². The molecule has 31 heavy (non-hydrogen) atoms. The van der Waals surface area contributed by atoms with Gasteiger partial charge in [0.15, 0.2) is 0 Å². The average Bonchev–Trinajstić information content (AvgIpc) is 3.36. The number of hydrogen-bond donors (Lipinski definition) is 0. The van der Waals surface area contributed by atoms with Gasteiger partial charge >= 0.3 is 39.7 Å². The van der Waals surface area contributed by atoms with E-state index in [9.17, 15) is 8.42 Å². The van der Waals surface area contributed by atoms with Gasteiger partial charge < -0.3 is 0 Å². The molecule has 1 aromatic carbocycles. The Morgan fingerprint density at radius 2 is 1.48 bits per heavy atom. The molecule has 1 atom stereocenters. The molecule has 0 heterocycles. The third-order valence-electron chi connectivity index (χ3n) is 5.17. The van der Waals surface area contributed by atoms with Crippen molar-refractivity contribution in [2.24, 2.45) is 15.7 Å². The van der Waals surface area contributed by atoms with Gasteiger partial charge in [0.1, 0.15) is 0 Å². The SMILES string of the molecule is C1CCCC1.CC(C)(C)C1CC[C-]=C(/C=N/S(=O)(=O)c2ccccc2)C1.[C-]#[O+].[C-]#[O+].[Fe+2]. The standard InChI is InChI=1S/C17H22NO2S.C5H10.2CO.Fe/c1-17(2,3)15-9-7-8-14(12-15)13-18-21(19,20)16-10-5-4-6-11-16;1-2-4-5-3-1;2*1-2;/h4-6,10-11,13,15H,7,9,12H2,1-3H3;1-5H2;;;/q-1;;;;+2/b18-13+;;;;. The van der Waals surface area contributed by atoms with Gasteiger partial charge in [-0.1, -0.05) is 83.9 Å². The van der Waals surface area contributed by atoms with E-state index >= 15 is 0 Å². The molecule has 3 rings (SSSR count). The maximum absolute atomic E-state index is 12.1. The van der Waals surface area contributed by atoms with Gasteiger partial charge in [-0.25, -0.2) is 14.0 Å². The minimum absolute atomic E-state index is 0. The summed E-state index contributed by atoms with van der Waals surface area (Å²) in [5.74, 6) is 0.541. The summed E-state index contributed by atoms with van der Waals surface area (Å²) in [6.45, 7) is 15.7. The normalized spacial score (nSPS) is 17.9. The largest absolute Gasteiger partial charge is 2.00 e. The first-order valence-corrected chi connectivity index (χ1v) is 11.6. The third-order valence-corrected chi connectivity index (χ3v) is 6.43. The van der Waals surface area contributed by atoms with Crippen molar-refractivity contribution in [1.82, 2.24) is 0 Å². The van der Waals surface area contributed by atoms with Gasteiger partial charge in [-0.15, -0.1) is 12.6 Å². The number of rotatable bonds is 3. The molecule has 0 bridgehead atoms. The Morgan fingerprint density at radius 3 is 1.94 bits per heavy atom. The zero-order valence-electron chi connectivity index (χ0n) is 18.5. The van der Waals surface area contributed by atoms with Crippen LogP contribution in [0, 0.1) is 30.7 Å². The van der Waals surface area contributed by atoms with Crippen molar-refractivity contribution in [3.8, 4) is 0 Å². The van der Waals surface area contributed by atoms with E-state index in [0.29, 0.717) is 5.92 Å². The Balaban J connectivity index is 0. The fraction of sp³-hybridized carbons (Fsp3) is 0.542. The van der Waals surface area contributed by atoms with Crippen molar-refractivity contribution < 1.29 is 34.8 Å². The van der Waals surface area contributed by atoms with Crippen LogP contribution >= 0.6 is 0 Å². The van der Waals surface area contributed by atoms with E-state index in [0.717, 1.165) is 24.8 Å². The Morgan fingerprint density at radius 1 is 1.00 bits per heavy atom. The van der Waals surface area contributed by atoms with Crippen molar-refractivity contribution >= 4 is 16.2 Å². The summed E-state index contributed by atoms with van der Waals surface area (Å²) in [5.41, 5.74) is 1.13. The summed E-state index contributed by atoms with van der Waals surface area (Å²) >= 11 is 0. The van der Waals surface area contributed by atoms with Crippen LogP contribution in [-0.4, -0.2) is 14.6 Å². The second-order valence-electron chi connectivity index (χ2n) is 8.30. The summed E-state index contributed by atoms with van der Waals surface area (Å²) < 4.78 is 43.0. The first-order valence-electron chi connectivity index (χ1n) is 10.1. The first kappa shape index (κ1) is 31.8. The first-order chi connectivity index (χ1) is 14.3. The van der Waals surface area contributed by atoms with Crippen molar-refractivity contribution in [3.63, 3.8) is 0 Å². The smallest absolute Gasteiger partial charge is 2.00 e. The van der Waals surface area contributed by atoms with E-state index in [-0.39, 0.29) is 27.4 Å². The van der Waals surface area contributed by atoms with Crippen LogP contribution < -0.4 is 0 Å². The van der Waals surface area contributed by atoms with Crippen LogP contribution in [0.2, 0.25) is 0 Å². The predicted octanol–water partition coefficient (Wildman–Crippen LogP) is 5.89. The summed E-state index contributed by atoms with van der Waals surface area (Å²) in [5, 5.41) is 0. The molecule has 0 radical (unpaired) electrons. The predicted molar refractivity (Wildman–Crippen MR) is 117 cm³/mol. The molecule has 1 unspecified atom stereocenters. The van der Waals surface area contributed by atoms with Crippen LogP contribution in [0.25, 0.3) is 0 Å². The average molecular weight is 486 g/mol. The summed E-state index contributed by atoms with van der Waals surface area (Å²) in [6.07, 6.45) is 15.0. The van der Waals surface area contributed by atoms with Crippen LogP contribution in [0.3, 0.4) is 0 Å². The van der Waals surface area contributed by atoms with E-state index in [4.69, 9.17) is 9.30 Å². The van der Waals surface area contributed by atoms with E-state index < -0.39 is 10.0 Å². The summed E-state index contributed by atoms with van der Waals surface area (Å²) in [6, 6.07) is 8.30. The van der Waals surface area contributed by atoms with Gasteiger partial charge in [-0.05, 0) is 23.5 Å². The second kappa shape index (κ2) is 17.2. The quantitative estimate of drug-likeness (QED) is 0.231. The molecule has 0 aromatic heterocycles. The summed E-state index contributed by atoms with van der Waals surface area (Å²) in [7, 11) is -3.60. The minimum Gasteiger partial charge on any atom is 2.00 e. The monoisotopic (exact) mass is 486 g/mol. The third kappa shape index (κ3) is 12.9. The van der Waals surface area contributed by atoms with Gasteiger partial charge in [0.2, 0.25) is 0 Å². The van der Waals surface area contributed by atoms with E-state index in [1.807, 2.05) is 0 Å². The van der Waals surface area contributed by atoms with Crippen molar-refractivity contribution in [1.29, 1.82) is 0 Å². The molecule has 1 saturated carbocycles. The van der Waals surface area contributed by atoms with E-state index in [1.54, 1.807) is 30.3 Å². The molecule has 0 aliphatic heterocycles. The molecule has 7 heteroatoms. The molecule has 5 nitrogen and oxygen atoms in total. The second-order valence-corrected chi connectivity index (χ2v) is 9.93. The molecule has 0 saturated heterocycles. The van der Waals surface area contributed by atoms with Crippen LogP contribution in [-0.2, 0) is 36.4 Å². The number of benzene rings is 1. The Kier molecular flexibility index (Phi) is 17.6. The Hall–Kier alpha value is -1.42. The van der Waals surface area contributed by atoms with E-state index in [1.165, 1.54) is 38.3 Å². The molecular weight excluding hydrogens is 454 g/mol. The number of sulfonamides is 1. The molecule has 1 fully saturated rings. The topological polar surface area (TPSA) is 86.3 Å². The molecule has 2 aliphatic carbocycles. The molecule has 0 spiro atoms.